The fraction of sp³-hybridized carbons (Fsp3) is 0.660. The molecule has 0 radical (unpaired) electrons. The Balaban J connectivity index is 2.67. The molecule has 0 aromatic carbocycles. The number of nitrogens with zero attached hydrogens (tertiary/aromatic N) is 1. The van der Waals surface area contributed by atoms with E-state index < -0.39 is 36.5 Å². The van der Waals surface area contributed by atoms with Gasteiger partial charge in [-0.1, -0.05) is 144 Å². The molecule has 9 heteroatoms. The average molecular weight is 864 g/mol. The molecule has 1 saturated heterocycles. The standard InChI is InChI=1S/C53H89N3O6/c1-5-9-13-17-21-25-34-46(57)41-45(42-47(58)35-26-22-18-14-10-6-2)33-29-30-38-50-52(61)55-51(53(62)54-50)39-31-32-40-56(43-48(59)36-27-23-19-15-11-7-3)44-49(60)37-28-24-20-16-12-8-4/h9-16,21-28,45-51,57-60H,5-8,17-20,29-44H2,1-4H3,(H,54,62)(H,55,61)/b13-9-,14-10-,15-11-,16-12-,25-21-,26-22-,27-23-,28-24-. The van der Waals surface area contributed by atoms with E-state index in [1.807, 2.05) is 24.3 Å². The number of amides is 2. The first-order valence-corrected chi connectivity index (χ1v) is 24.4. The van der Waals surface area contributed by atoms with Crippen LogP contribution in [0.4, 0.5) is 0 Å². The van der Waals surface area contributed by atoms with Gasteiger partial charge in [0.25, 0.3) is 0 Å². The highest BCUT2D eigenvalue weighted by Crippen LogP contribution is 2.24. The zero-order valence-electron chi connectivity index (χ0n) is 39.3. The third-order valence-electron chi connectivity index (χ3n) is 11.0. The van der Waals surface area contributed by atoms with Crippen molar-refractivity contribution in [1.82, 2.24) is 15.5 Å². The van der Waals surface area contributed by atoms with E-state index in [1.54, 1.807) is 0 Å². The summed E-state index contributed by atoms with van der Waals surface area (Å²) in [5.74, 6) is -0.158. The average Bonchev–Trinajstić information content (AvgIpc) is 3.24. The lowest BCUT2D eigenvalue weighted by Gasteiger charge is -2.30. The molecule has 0 spiro atoms. The molecule has 62 heavy (non-hydrogen) atoms. The van der Waals surface area contributed by atoms with Gasteiger partial charge in [-0.15, -0.1) is 0 Å². The first-order chi connectivity index (χ1) is 30.1. The van der Waals surface area contributed by atoms with Gasteiger partial charge in [-0.25, -0.2) is 0 Å². The van der Waals surface area contributed by atoms with Gasteiger partial charge in [-0.3, -0.25) is 14.5 Å². The summed E-state index contributed by atoms with van der Waals surface area (Å²) in [4.78, 5) is 28.4. The van der Waals surface area contributed by atoms with Crippen LogP contribution in [-0.4, -0.2) is 93.3 Å². The molecule has 0 bridgehead atoms. The smallest absolute Gasteiger partial charge is 0.243 e. The van der Waals surface area contributed by atoms with Crippen molar-refractivity contribution in [2.24, 2.45) is 5.92 Å². The van der Waals surface area contributed by atoms with Crippen LogP contribution in [0.25, 0.3) is 0 Å². The summed E-state index contributed by atoms with van der Waals surface area (Å²) in [5, 5.41) is 49.3. The van der Waals surface area contributed by atoms with Crippen LogP contribution in [0.2, 0.25) is 0 Å². The number of carbonyl (C=O) groups is 2. The lowest BCUT2D eigenvalue weighted by Crippen LogP contribution is -2.61. The van der Waals surface area contributed by atoms with Crippen molar-refractivity contribution < 1.29 is 30.0 Å². The largest absolute Gasteiger partial charge is 0.393 e. The Bertz CT molecular complexity index is 1190. The molecule has 1 fully saturated rings. The summed E-state index contributed by atoms with van der Waals surface area (Å²) in [5.41, 5.74) is 0. The molecule has 0 aliphatic carbocycles. The topological polar surface area (TPSA) is 142 Å². The maximum Gasteiger partial charge on any atom is 0.243 e. The van der Waals surface area contributed by atoms with Crippen molar-refractivity contribution in [2.45, 2.75) is 199 Å². The van der Waals surface area contributed by atoms with Gasteiger partial charge >= 0.3 is 0 Å². The van der Waals surface area contributed by atoms with Crippen molar-refractivity contribution in [2.75, 3.05) is 19.6 Å². The van der Waals surface area contributed by atoms with Crippen LogP contribution in [0, 0.1) is 5.92 Å². The molecule has 0 aromatic heterocycles. The zero-order valence-corrected chi connectivity index (χ0v) is 39.3. The molecule has 6 atom stereocenters. The number of hydrogen-bond donors (Lipinski definition) is 6. The van der Waals surface area contributed by atoms with Gasteiger partial charge in [-0.2, -0.15) is 0 Å². The van der Waals surface area contributed by atoms with Gasteiger partial charge in [0.15, 0.2) is 0 Å². The second-order valence-electron chi connectivity index (χ2n) is 16.9. The van der Waals surface area contributed by atoms with E-state index in [4.69, 9.17) is 0 Å². The summed E-state index contributed by atoms with van der Waals surface area (Å²) in [6, 6.07) is -1.15. The molecule has 0 aromatic rings. The molecule has 2 amide bonds. The van der Waals surface area contributed by atoms with Gasteiger partial charge in [0.2, 0.25) is 11.8 Å². The summed E-state index contributed by atoms with van der Waals surface area (Å²) >= 11 is 0. The number of carbonyl (C=O) groups excluding carboxylic acids is 2. The van der Waals surface area contributed by atoms with Crippen LogP contribution in [0.1, 0.15) is 163 Å². The van der Waals surface area contributed by atoms with Crippen LogP contribution in [0.3, 0.4) is 0 Å². The molecule has 6 N–H and O–H groups in total. The highest BCUT2D eigenvalue weighted by atomic mass is 16.3. The Morgan fingerprint density at radius 3 is 1.18 bits per heavy atom. The second kappa shape index (κ2) is 39.3. The summed E-state index contributed by atoms with van der Waals surface area (Å²) in [6.45, 7) is 9.99. The third kappa shape index (κ3) is 31.5. The molecule has 1 rings (SSSR count). The fourth-order valence-corrected chi connectivity index (χ4v) is 7.61. The molecule has 1 aliphatic rings. The Hall–Kier alpha value is -3.34. The third-order valence-corrected chi connectivity index (χ3v) is 11.0. The number of aliphatic hydroxyl groups is 4. The predicted molar refractivity (Wildman–Crippen MR) is 261 cm³/mol. The summed E-state index contributed by atoms with van der Waals surface area (Å²) < 4.78 is 0. The molecule has 6 unspecified atom stereocenters. The highest BCUT2D eigenvalue weighted by molar-refractivity contribution is 5.96. The Labute approximate surface area is 378 Å². The van der Waals surface area contributed by atoms with Crippen LogP contribution in [-0.2, 0) is 9.59 Å². The maximum atomic E-state index is 13.1. The van der Waals surface area contributed by atoms with Gasteiger partial charge < -0.3 is 31.1 Å². The minimum atomic E-state index is -0.581. The van der Waals surface area contributed by atoms with Crippen molar-refractivity contribution in [1.29, 1.82) is 0 Å². The molecular weight excluding hydrogens is 775 g/mol. The van der Waals surface area contributed by atoms with Crippen LogP contribution >= 0.6 is 0 Å². The van der Waals surface area contributed by atoms with E-state index in [-0.39, 0.29) is 17.7 Å². The normalized spacial score (nSPS) is 19.2. The molecule has 352 valence electrons. The fourth-order valence-electron chi connectivity index (χ4n) is 7.61. The van der Waals surface area contributed by atoms with Gasteiger partial charge in [0.05, 0.1) is 24.4 Å². The quantitative estimate of drug-likeness (QED) is 0.0268. The van der Waals surface area contributed by atoms with Crippen LogP contribution in [0.5, 0.6) is 0 Å². The number of nitrogens with one attached hydrogen (secondary N) is 2. The lowest BCUT2D eigenvalue weighted by molar-refractivity contribution is -0.137. The van der Waals surface area contributed by atoms with Crippen molar-refractivity contribution >= 4 is 11.8 Å². The first-order valence-electron chi connectivity index (χ1n) is 24.4. The summed E-state index contributed by atoms with van der Waals surface area (Å²) in [7, 11) is 0. The Morgan fingerprint density at radius 1 is 0.468 bits per heavy atom. The van der Waals surface area contributed by atoms with Gasteiger partial charge in [0, 0.05) is 13.1 Å². The number of unbranched alkanes of at least 4 members (excludes halogenated alkanes) is 2. The highest BCUT2D eigenvalue weighted by Gasteiger charge is 2.33. The minimum absolute atomic E-state index is 0.146. The Kier molecular flexibility index (Phi) is 35.9. The maximum absolute atomic E-state index is 13.1. The van der Waals surface area contributed by atoms with E-state index in [0.717, 1.165) is 83.5 Å². The minimum Gasteiger partial charge on any atom is -0.393 e. The molecule has 1 aliphatic heterocycles. The monoisotopic (exact) mass is 864 g/mol. The summed E-state index contributed by atoms with van der Waals surface area (Å²) in [6.07, 6.45) is 47.3. The van der Waals surface area contributed by atoms with Crippen molar-refractivity contribution in [3.05, 3.63) is 97.2 Å². The number of allylic oxidation sites excluding steroid dienone is 12. The van der Waals surface area contributed by atoms with E-state index in [0.29, 0.717) is 71.0 Å². The van der Waals surface area contributed by atoms with E-state index >= 15 is 0 Å². The lowest BCUT2D eigenvalue weighted by atomic mass is 9.87. The predicted octanol–water partition coefficient (Wildman–Crippen LogP) is 10.1. The second-order valence-corrected chi connectivity index (χ2v) is 16.9. The van der Waals surface area contributed by atoms with E-state index in [9.17, 15) is 30.0 Å². The number of aliphatic hydroxyl groups excluding tert-OH is 4. The van der Waals surface area contributed by atoms with Gasteiger partial charge in [0.1, 0.15) is 12.1 Å². The van der Waals surface area contributed by atoms with E-state index in [1.165, 1.54) is 0 Å². The van der Waals surface area contributed by atoms with Crippen molar-refractivity contribution in [3.8, 4) is 0 Å². The molecule has 1 heterocycles. The Morgan fingerprint density at radius 2 is 0.806 bits per heavy atom. The number of piperazine rings is 1. The zero-order chi connectivity index (χ0) is 45.5. The van der Waals surface area contributed by atoms with Gasteiger partial charge in [-0.05, 0) is 128 Å². The number of rotatable bonds is 38. The van der Waals surface area contributed by atoms with E-state index in [2.05, 4.69) is 116 Å². The number of hydrogen-bond acceptors (Lipinski definition) is 7. The first kappa shape index (κ1) is 56.7. The SMILES string of the molecule is CC/C=C\C/C=C\CC(O)CC(CCCCC1NC(=O)C(CCCCN(CC(O)C/C=C\C/C=C\CC)CC(O)C/C=C\C/C=C\CC)NC1=O)CC(O)C/C=C\C/C=C\CC. The van der Waals surface area contributed by atoms with Crippen molar-refractivity contribution in [3.63, 3.8) is 0 Å². The van der Waals surface area contributed by atoms with Crippen LogP contribution < -0.4 is 10.6 Å². The van der Waals surface area contributed by atoms with Crippen LogP contribution in [0.15, 0.2) is 97.2 Å². The molecule has 0 saturated carbocycles. The molecule has 9 nitrogen and oxygen atoms in total. The molecular formula is C53H89N3O6.